The molecule has 3 aromatic rings. The summed E-state index contributed by atoms with van der Waals surface area (Å²) < 4.78 is 6.88. The summed E-state index contributed by atoms with van der Waals surface area (Å²) in [6, 6.07) is 11.5. The summed E-state index contributed by atoms with van der Waals surface area (Å²) in [5.41, 5.74) is 1.84. The first kappa shape index (κ1) is 19.8. The summed E-state index contributed by atoms with van der Waals surface area (Å²) in [5, 5.41) is 12.3. The molecule has 4 nitrogen and oxygen atoms in total. The van der Waals surface area contributed by atoms with Crippen molar-refractivity contribution < 1.29 is 19.4 Å². The van der Waals surface area contributed by atoms with Crippen LogP contribution >= 0.6 is 11.3 Å². The van der Waals surface area contributed by atoms with Gasteiger partial charge in [0.1, 0.15) is 5.75 Å². The maximum absolute atomic E-state index is 12.5. The van der Waals surface area contributed by atoms with Crippen molar-refractivity contribution in [3.8, 4) is 5.75 Å². The highest BCUT2D eigenvalue weighted by Crippen LogP contribution is 2.29. The van der Waals surface area contributed by atoms with Crippen LogP contribution in [-0.2, 0) is 4.79 Å². The number of carbonyl (C=O) groups is 2. The van der Waals surface area contributed by atoms with Gasteiger partial charge in [-0.05, 0) is 97.6 Å². The van der Waals surface area contributed by atoms with E-state index in [9.17, 15) is 14.7 Å². The van der Waals surface area contributed by atoms with E-state index in [-0.39, 0.29) is 5.78 Å². The smallest absolute Gasteiger partial charge is 0.347 e. The number of carboxylic acid groups (broad SMARTS) is 1. The van der Waals surface area contributed by atoms with E-state index in [1.165, 1.54) is 13.8 Å². The predicted octanol–water partition coefficient (Wildman–Crippen LogP) is 5.66. The summed E-state index contributed by atoms with van der Waals surface area (Å²) in [6.07, 6.45) is 3.33. The zero-order valence-corrected chi connectivity index (χ0v) is 17.1. The van der Waals surface area contributed by atoms with E-state index in [4.69, 9.17) is 4.74 Å². The molecule has 0 saturated heterocycles. The van der Waals surface area contributed by atoms with Crippen LogP contribution in [0.3, 0.4) is 0 Å². The number of rotatable bonds is 6. The molecule has 5 heteroatoms. The molecule has 2 aromatic carbocycles. The summed E-state index contributed by atoms with van der Waals surface area (Å²) in [4.78, 5) is 23.8. The van der Waals surface area contributed by atoms with Crippen LogP contribution in [-0.4, -0.2) is 22.5 Å². The number of hydrogen-bond donors (Lipinski definition) is 1. The van der Waals surface area contributed by atoms with Gasteiger partial charge in [0.2, 0.25) is 0 Å². The predicted molar refractivity (Wildman–Crippen MR) is 113 cm³/mol. The van der Waals surface area contributed by atoms with Crippen LogP contribution in [0, 0.1) is 13.8 Å². The van der Waals surface area contributed by atoms with Gasteiger partial charge in [0.05, 0.1) is 0 Å². The lowest BCUT2D eigenvalue weighted by atomic mass is 10.0. The maximum Gasteiger partial charge on any atom is 0.347 e. The van der Waals surface area contributed by atoms with Gasteiger partial charge in [-0.2, -0.15) is 0 Å². The van der Waals surface area contributed by atoms with E-state index in [0.29, 0.717) is 11.3 Å². The fourth-order valence-corrected chi connectivity index (χ4v) is 3.70. The van der Waals surface area contributed by atoms with Crippen molar-refractivity contribution in [1.29, 1.82) is 0 Å². The number of allylic oxidation sites excluding steroid dienone is 1. The first-order chi connectivity index (χ1) is 13.2. The van der Waals surface area contributed by atoms with Gasteiger partial charge in [-0.25, -0.2) is 4.79 Å². The molecule has 0 spiro atoms. The standard InChI is InChI=1S/C23H22O4S/c1-14-11-16(12-15(2)21(14)27-23(3,4)22(25)26)5-7-19(24)17-6-8-20-18(13-17)9-10-28-20/h5-13H,1-4H3,(H,25,26)/b7-5+. The van der Waals surface area contributed by atoms with Gasteiger partial charge >= 0.3 is 5.97 Å². The first-order valence-electron chi connectivity index (χ1n) is 8.91. The number of fused-ring (bicyclic) bond motifs is 1. The number of carbonyl (C=O) groups excluding carboxylic acids is 1. The van der Waals surface area contributed by atoms with Crippen molar-refractivity contribution in [2.75, 3.05) is 0 Å². The second kappa shape index (κ2) is 7.60. The fraction of sp³-hybridized carbons (Fsp3) is 0.217. The van der Waals surface area contributed by atoms with Gasteiger partial charge in [0.15, 0.2) is 11.4 Å². The summed E-state index contributed by atoms with van der Waals surface area (Å²) >= 11 is 1.65. The Morgan fingerprint density at radius 1 is 1.07 bits per heavy atom. The van der Waals surface area contributed by atoms with E-state index in [2.05, 4.69) is 0 Å². The molecule has 144 valence electrons. The molecule has 0 unspecified atom stereocenters. The topological polar surface area (TPSA) is 63.6 Å². The largest absolute Gasteiger partial charge is 0.478 e. The van der Waals surface area contributed by atoms with Crippen molar-refractivity contribution >= 4 is 39.3 Å². The van der Waals surface area contributed by atoms with Crippen LogP contribution in [0.15, 0.2) is 47.9 Å². The molecule has 0 radical (unpaired) electrons. The van der Waals surface area contributed by atoms with Crippen LogP contribution in [0.4, 0.5) is 0 Å². The second-order valence-corrected chi connectivity index (χ2v) is 8.22. The Hall–Kier alpha value is -2.92. The lowest BCUT2D eigenvalue weighted by molar-refractivity contribution is -0.152. The minimum atomic E-state index is -1.32. The molecule has 0 aliphatic rings. The maximum atomic E-state index is 12.5. The summed E-state index contributed by atoms with van der Waals surface area (Å²) in [6.45, 7) is 6.77. The Bertz CT molecular complexity index is 1070. The Balaban J connectivity index is 1.82. The van der Waals surface area contributed by atoms with Crippen molar-refractivity contribution in [2.45, 2.75) is 33.3 Å². The molecule has 1 N–H and O–H groups in total. The number of thiophene rings is 1. The highest BCUT2D eigenvalue weighted by atomic mass is 32.1. The van der Waals surface area contributed by atoms with Crippen LogP contribution < -0.4 is 4.74 Å². The number of carboxylic acids is 1. The van der Waals surface area contributed by atoms with Crippen molar-refractivity contribution in [3.05, 3.63) is 70.1 Å². The molecule has 0 fully saturated rings. The monoisotopic (exact) mass is 394 g/mol. The first-order valence-corrected chi connectivity index (χ1v) is 9.79. The molecule has 0 saturated carbocycles. The van der Waals surface area contributed by atoms with Crippen molar-refractivity contribution in [1.82, 2.24) is 0 Å². The molecule has 1 aromatic heterocycles. The molecule has 0 aliphatic heterocycles. The number of hydrogen-bond acceptors (Lipinski definition) is 4. The SMILES string of the molecule is Cc1cc(/C=C/C(=O)c2ccc3sccc3c2)cc(C)c1OC(C)(C)C(=O)O. The molecule has 3 rings (SSSR count). The average molecular weight is 394 g/mol. The van der Waals surface area contributed by atoms with Crippen LogP contribution in [0.2, 0.25) is 0 Å². The molecular formula is C23H22O4S. The highest BCUT2D eigenvalue weighted by molar-refractivity contribution is 7.17. The second-order valence-electron chi connectivity index (χ2n) is 7.27. The lowest BCUT2D eigenvalue weighted by Gasteiger charge is -2.24. The average Bonchev–Trinajstić information content (AvgIpc) is 3.10. The zero-order valence-electron chi connectivity index (χ0n) is 16.3. The molecular weight excluding hydrogens is 372 g/mol. The molecule has 0 bridgehead atoms. The molecule has 0 aliphatic carbocycles. The van der Waals surface area contributed by atoms with Crippen LogP contribution in [0.1, 0.15) is 40.9 Å². The van der Waals surface area contributed by atoms with Gasteiger partial charge in [0.25, 0.3) is 0 Å². The Kier molecular flexibility index (Phi) is 5.38. The Labute approximate surface area is 168 Å². The third-order valence-corrected chi connectivity index (χ3v) is 5.42. The molecule has 0 amide bonds. The number of benzene rings is 2. The quantitative estimate of drug-likeness (QED) is 0.433. The van der Waals surface area contributed by atoms with Crippen LogP contribution in [0.5, 0.6) is 5.75 Å². The number of aliphatic carboxylic acids is 1. The Morgan fingerprint density at radius 3 is 2.39 bits per heavy atom. The number of ether oxygens (including phenoxy) is 1. The van der Waals surface area contributed by atoms with E-state index in [1.807, 2.05) is 55.6 Å². The van der Waals surface area contributed by atoms with E-state index >= 15 is 0 Å². The van der Waals surface area contributed by atoms with Gasteiger partial charge < -0.3 is 9.84 Å². The summed E-state index contributed by atoms with van der Waals surface area (Å²) in [5.74, 6) is -0.530. The van der Waals surface area contributed by atoms with Crippen LogP contribution in [0.25, 0.3) is 16.2 Å². The normalized spacial score (nSPS) is 11.9. The van der Waals surface area contributed by atoms with E-state index in [1.54, 1.807) is 23.5 Å². The highest BCUT2D eigenvalue weighted by Gasteiger charge is 2.30. The van der Waals surface area contributed by atoms with Crippen molar-refractivity contribution in [3.63, 3.8) is 0 Å². The molecule has 28 heavy (non-hydrogen) atoms. The number of aryl methyl sites for hydroxylation is 2. The van der Waals surface area contributed by atoms with Gasteiger partial charge in [-0.15, -0.1) is 11.3 Å². The van der Waals surface area contributed by atoms with Gasteiger partial charge in [-0.3, -0.25) is 4.79 Å². The van der Waals surface area contributed by atoms with Gasteiger partial charge in [-0.1, -0.05) is 6.08 Å². The molecule has 1 heterocycles. The number of ketones is 1. The third kappa shape index (κ3) is 4.15. The molecule has 0 atom stereocenters. The van der Waals surface area contributed by atoms with E-state index < -0.39 is 11.6 Å². The minimum absolute atomic E-state index is 0.0595. The Morgan fingerprint density at radius 2 is 1.75 bits per heavy atom. The summed E-state index contributed by atoms with van der Waals surface area (Å²) in [7, 11) is 0. The third-order valence-electron chi connectivity index (χ3n) is 4.52. The minimum Gasteiger partial charge on any atom is -0.478 e. The lowest BCUT2D eigenvalue weighted by Crippen LogP contribution is -2.38. The zero-order chi connectivity index (χ0) is 20.5. The van der Waals surface area contributed by atoms with Crippen molar-refractivity contribution in [2.24, 2.45) is 0 Å². The van der Waals surface area contributed by atoms with Gasteiger partial charge in [0, 0.05) is 10.3 Å². The van der Waals surface area contributed by atoms with E-state index in [0.717, 1.165) is 26.8 Å². The fourth-order valence-electron chi connectivity index (χ4n) is 2.93.